The third-order valence-electron chi connectivity index (χ3n) is 4.11. The number of amides is 1. The second-order valence-electron chi connectivity index (χ2n) is 6.20. The van der Waals surface area contributed by atoms with Crippen LogP contribution in [-0.2, 0) is 27.2 Å². The molecule has 0 saturated carbocycles. The number of hydrogen-bond acceptors (Lipinski definition) is 6. The summed E-state index contributed by atoms with van der Waals surface area (Å²) < 4.78 is 10.4. The van der Waals surface area contributed by atoms with Crippen LogP contribution < -0.4 is 0 Å². The van der Waals surface area contributed by atoms with Crippen molar-refractivity contribution >= 4 is 23.2 Å². The van der Waals surface area contributed by atoms with Gasteiger partial charge in [-0.3, -0.25) is 4.79 Å². The number of carbonyl (C=O) groups excluding carboxylic acids is 2. The zero-order valence-corrected chi connectivity index (χ0v) is 17.4. The molecule has 1 aromatic carbocycles. The lowest BCUT2D eigenvalue weighted by Crippen LogP contribution is -2.32. The summed E-state index contributed by atoms with van der Waals surface area (Å²) in [4.78, 5) is 30.7. The highest BCUT2D eigenvalue weighted by atomic mass is 32.1. The van der Waals surface area contributed by atoms with E-state index < -0.39 is 5.97 Å². The minimum absolute atomic E-state index is 0.0771. The van der Waals surface area contributed by atoms with Gasteiger partial charge in [0.2, 0.25) is 5.91 Å². The van der Waals surface area contributed by atoms with Crippen LogP contribution in [0, 0.1) is 0 Å². The van der Waals surface area contributed by atoms with Crippen molar-refractivity contribution in [2.45, 2.75) is 39.7 Å². The number of benzene rings is 1. The summed E-state index contributed by atoms with van der Waals surface area (Å²) in [5, 5.41) is 2.41. The zero-order chi connectivity index (χ0) is 20.2. The first-order valence-electron chi connectivity index (χ1n) is 9.65. The molecule has 152 valence electrons. The Morgan fingerprint density at radius 1 is 1.14 bits per heavy atom. The summed E-state index contributed by atoms with van der Waals surface area (Å²) in [7, 11) is 0. The maximum absolute atomic E-state index is 12.8. The van der Waals surface area contributed by atoms with Gasteiger partial charge in [0, 0.05) is 31.6 Å². The van der Waals surface area contributed by atoms with Crippen molar-refractivity contribution < 1.29 is 19.1 Å². The van der Waals surface area contributed by atoms with Gasteiger partial charge in [-0.1, -0.05) is 30.3 Å². The van der Waals surface area contributed by atoms with Gasteiger partial charge in [0.25, 0.3) is 0 Å². The number of rotatable bonds is 12. The Hall–Kier alpha value is -2.25. The molecule has 0 unspecified atom stereocenters. The summed E-state index contributed by atoms with van der Waals surface area (Å²) in [6, 6.07) is 9.98. The van der Waals surface area contributed by atoms with Crippen LogP contribution in [0.4, 0.5) is 0 Å². The fraction of sp³-hybridized carbons (Fsp3) is 0.476. The van der Waals surface area contributed by atoms with E-state index in [0.717, 1.165) is 17.0 Å². The number of thiazole rings is 1. The number of ether oxygens (including phenoxy) is 2. The lowest BCUT2D eigenvalue weighted by Gasteiger charge is -2.22. The van der Waals surface area contributed by atoms with Crippen molar-refractivity contribution in [3.63, 3.8) is 0 Å². The summed E-state index contributed by atoms with van der Waals surface area (Å²) in [6.07, 6.45) is 1.91. The average Bonchev–Trinajstić information content (AvgIpc) is 3.18. The normalized spacial score (nSPS) is 10.6. The van der Waals surface area contributed by atoms with Gasteiger partial charge in [0.1, 0.15) is 5.01 Å². The molecule has 0 bridgehead atoms. The molecule has 0 spiro atoms. The molecular formula is C21H28N2O4S. The highest BCUT2D eigenvalue weighted by molar-refractivity contribution is 7.09. The Kier molecular flexibility index (Phi) is 9.65. The molecule has 6 nitrogen and oxygen atoms in total. The highest BCUT2D eigenvalue weighted by Gasteiger charge is 2.18. The van der Waals surface area contributed by atoms with E-state index in [2.05, 4.69) is 4.98 Å². The van der Waals surface area contributed by atoms with Crippen LogP contribution >= 0.6 is 11.3 Å². The summed E-state index contributed by atoms with van der Waals surface area (Å²) in [5.74, 6) is -0.350. The first kappa shape index (κ1) is 22.0. The SMILES string of the molecule is CCOCCCN(Cc1nc(C(=O)OCC)cs1)C(=O)CCc1ccccc1. The molecule has 7 heteroatoms. The summed E-state index contributed by atoms with van der Waals surface area (Å²) >= 11 is 1.37. The van der Waals surface area contributed by atoms with Gasteiger partial charge in [0.15, 0.2) is 5.69 Å². The van der Waals surface area contributed by atoms with Crippen molar-refractivity contribution in [3.8, 4) is 0 Å². The van der Waals surface area contributed by atoms with Crippen molar-refractivity contribution in [1.29, 1.82) is 0 Å². The molecular weight excluding hydrogens is 376 g/mol. The number of aromatic nitrogens is 1. The Bertz CT molecular complexity index is 733. The van der Waals surface area contributed by atoms with E-state index in [9.17, 15) is 9.59 Å². The van der Waals surface area contributed by atoms with Gasteiger partial charge in [-0.2, -0.15) is 0 Å². The minimum atomic E-state index is -0.428. The fourth-order valence-corrected chi connectivity index (χ4v) is 3.47. The topological polar surface area (TPSA) is 68.7 Å². The maximum Gasteiger partial charge on any atom is 0.357 e. The standard InChI is InChI=1S/C21H28N2O4S/c1-3-26-14-8-13-23(20(24)12-11-17-9-6-5-7-10-17)15-19-22-18(16-28-19)21(25)27-4-2/h5-7,9-10,16H,3-4,8,11-15H2,1-2H3. The number of nitrogens with zero attached hydrogens (tertiary/aromatic N) is 2. The molecule has 0 aliphatic carbocycles. The fourth-order valence-electron chi connectivity index (χ4n) is 2.69. The Labute approximate surface area is 170 Å². The molecule has 0 aliphatic rings. The molecule has 0 N–H and O–H groups in total. The van der Waals surface area contributed by atoms with Gasteiger partial charge in [-0.25, -0.2) is 9.78 Å². The van der Waals surface area contributed by atoms with Gasteiger partial charge in [-0.15, -0.1) is 11.3 Å². The van der Waals surface area contributed by atoms with Crippen LogP contribution in [0.25, 0.3) is 0 Å². The molecule has 0 aliphatic heterocycles. The van der Waals surface area contributed by atoms with Crippen molar-refractivity contribution in [3.05, 3.63) is 52.0 Å². The highest BCUT2D eigenvalue weighted by Crippen LogP contribution is 2.15. The second-order valence-corrected chi connectivity index (χ2v) is 7.14. The van der Waals surface area contributed by atoms with Crippen LogP contribution in [0.5, 0.6) is 0 Å². The zero-order valence-electron chi connectivity index (χ0n) is 16.6. The van der Waals surface area contributed by atoms with Crippen molar-refractivity contribution in [2.24, 2.45) is 0 Å². The third-order valence-corrected chi connectivity index (χ3v) is 4.94. The summed E-state index contributed by atoms with van der Waals surface area (Å²) in [6.45, 7) is 6.30. The third kappa shape index (κ3) is 7.40. The Balaban J connectivity index is 1.97. The van der Waals surface area contributed by atoms with Gasteiger partial charge in [-0.05, 0) is 32.3 Å². The van der Waals surface area contributed by atoms with Gasteiger partial charge >= 0.3 is 5.97 Å². The molecule has 28 heavy (non-hydrogen) atoms. The van der Waals surface area contributed by atoms with E-state index in [1.54, 1.807) is 17.2 Å². The minimum Gasteiger partial charge on any atom is -0.461 e. The molecule has 0 fully saturated rings. The van der Waals surface area contributed by atoms with E-state index in [0.29, 0.717) is 51.4 Å². The lowest BCUT2D eigenvalue weighted by atomic mass is 10.1. The smallest absolute Gasteiger partial charge is 0.357 e. The van der Waals surface area contributed by atoms with E-state index in [4.69, 9.17) is 9.47 Å². The van der Waals surface area contributed by atoms with Gasteiger partial charge < -0.3 is 14.4 Å². The van der Waals surface area contributed by atoms with Crippen LogP contribution in [0.3, 0.4) is 0 Å². The predicted molar refractivity (Wildman–Crippen MR) is 109 cm³/mol. The first-order chi connectivity index (χ1) is 13.6. The Morgan fingerprint density at radius 2 is 1.93 bits per heavy atom. The molecule has 0 saturated heterocycles. The van der Waals surface area contributed by atoms with E-state index in [-0.39, 0.29) is 5.91 Å². The number of carbonyl (C=O) groups is 2. The predicted octanol–water partition coefficient (Wildman–Crippen LogP) is 3.71. The number of esters is 1. The molecule has 2 rings (SSSR count). The molecule has 1 heterocycles. The molecule has 1 amide bonds. The number of hydrogen-bond donors (Lipinski definition) is 0. The molecule has 0 radical (unpaired) electrons. The molecule has 0 atom stereocenters. The lowest BCUT2D eigenvalue weighted by molar-refractivity contribution is -0.132. The largest absolute Gasteiger partial charge is 0.461 e. The van der Waals surface area contributed by atoms with Gasteiger partial charge in [0.05, 0.1) is 13.2 Å². The number of aryl methyl sites for hydroxylation is 1. The van der Waals surface area contributed by atoms with E-state index in [1.165, 1.54) is 11.3 Å². The van der Waals surface area contributed by atoms with Crippen LogP contribution in [0.1, 0.15) is 47.7 Å². The van der Waals surface area contributed by atoms with Crippen molar-refractivity contribution in [2.75, 3.05) is 26.4 Å². The van der Waals surface area contributed by atoms with Crippen molar-refractivity contribution in [1.82, 2.24) is 9.88 Å². The quantitative estimate of drug-likeness (QED) is 0.398. The monoisotopic (exact) mass is 404 g/mol. The maximum atomic E-state index is 12.8. The summed E-state index contributed by atoms with van der Waals surface area (Å²) in [5.41, 5.74) is 1.44. The molecule has 2 aromatic rings. The van der Waals surface area contributed by atoms with Crippen LogP contribution in [-0.4, -0.2) is 48.1 Å². The Morgan fingerprint density at radius 3 is 2.64 bits per heavy atom. The first-order valence-corrected chi connectivity index (χ1v) is 10.5. The van der Waals surface area contributed by atoms with Crippen LogP contribution in [0.15, 0.2) is 35.7 Å². The van der Waals surface area contributed by atoms with E-state index >= 15 is 0 Å². The average molecular weight is 405 g/mol. The molecule has 1 aromatic heterocycles. The second kappa shape index (κ2) is 12.3. The van der Waals surface area contributed by atoms with Crippen LogP contribution in [0.2, 0.25) is 0 Å². The van der Waals surface area contributed by atoms with E-state index in [1.807, 2.05) is 37.3 Å².